The Bertz CT molecular complexity index is 495. The Labute approximate surface area is 113 Å². The highest BCUT2D eigenvalue weighted by atomic mass is 19.4. The van der Waals surface area contributed by atoms with Crippen LogP contribution in [0.5, 0.6) is 0 Å². The molecule has 0 fully saturated rings. The van der Waals surface area contributed by atoms with Crippen LogP contribution in [0, 0.1) is 5.92 Å². The second-order valence-corrected chi connectivity index (χ2v) is 4.61. The van der Waals surface area contributed by atoms with Crippen LogP contribution in [-0.4, -0.2) is 23.0 Å². The van der Waals surface area contributed by atoms with Crippen LogP contribution in [0.15, 0.2) is 24.3 Å². The van der Waals surface area contributed by atoms with E-state index in [2.05, 4.69) is 5.32 Å². The number of rotatable bonds is 4. The molecule has 0 saturated carbocycles. The summed E-state index contributed by atoms with van der Waals surface area (Å²) in [5.74, 6) is -2.26. The van der Waals surface area contributed by atoms with E-state index in [0.29, 0.717) is 0 Å². The fourth-order valence-electron chi connectivity index (χ4n) is 1.55. The van der Waals surface area contributed by atoms with Gasteiger partial charge in [0, 0.05) is 5.56 Å². The summed E-state index contributed by atoms with van der Waals surface area (Å²) in [6, 6.07) is 2.49. The average molecular weight is 289 g/mol. The van der Waals surface area contributed by atoms with E-state index in [0.717, 1.165) is 24.3 Å². The molecule has 2 N–H and O–H groups in total. The van der Waals surface area contributed by atoms with Crippen molar-refractivity contribution in [1.82, 2.24) is 5.32 Å². The Morgan fingerprint density at radius 2 is 1.65 bits per heavy atom. The Morgan fingerprint density at radius 1 is 1.15 bits per heavy atom. The maximum absolute atomic E-state index is 12.4. The molecular formula is C13H14F3NO3. The lowest BCUT2D eigenvalue weighted by molar-refractivity contribution is -0.140. The van der Waals surface area contributed by atoms with Crippen molar-refractivity contribution in [3.63, 3.8) is 0 Å². The van der Waals surface area contributed by atoms with Gasteiger partial charge in [-0.3, -0.25) is 4.79 Å². The molecule has 0 aromatic heterocycles. The van der Waals surface area contributed by atoms with Crippen LogP contribution in [0.1, 0.15) is 29.8 Å². The van der Waals surface area contributed by atoms with Crippen molar-refractivity contribution in [2.45, 2.75) is 26.1 Å². The monoisotopic (exact) mass is 289 g/mol. The van der Waals surface area contributed by atoms with Crippen LogP contribution in [0.25, 0.3) is 0 Å². The van der Waals surface area contributed by atoms with Gasteiger partial charge in [-0.15, -0.1) is 0 Å². The smallest absolute Gasteiger partial charge is 0.416 e. The molecular weight excluding hydrogens is 275 g/mol. The lowest BCUT2D eigenvalue weighted by atomic mass is 10.0. The van der Waals surface area contributed by atoms with Crippen LogP contribution < -0.4 is 5.32 Å². The van der Waals surface area contributed by atoms with E-state index in [1.54, 1.807) is 13.8 Å². The molecule has 0 unspecified atom stereocenters. The molecule has 1 rings (SSSR count). The highest BCUT2D eigenvalue weighted by Crippen LogP contribution is 2.29. The van der Waals surface area contributed by atoms with Crippen LogP contribution in [0.3, 0.4) is 0 Å². The topological polar surface area (TPSA) is 66.4 Å². The molecule has 0 aliphatic heterocycles. The first-order valence-corrected chi connectivity index (χ1v) is 5.84. The second-order valence-electron chi connectivity index (χ2n) is 4.61. The predicted molar refractivity (Wildman–Crippen MR) is 65.2 cm³/mol. The third-order valence-electron chi connectivity index (χ3n) is 2.69. The number of carboxylic acid groups (broad SMARTS) is 1. The molecule has 1 atom stereocenters. The third kappa shape index (κ3) is 3.97. The Hall–Kier alpha value is -2.05. The maximum Gasteiger partial charge on any atom is 0.416 e. The largest absolute Gasteiger partial charge is 0.480 e. The lowest BCUT2D eigenvalue weighted by Gasteiger charge is -2.18. The maximum atomic E-state index is 12.4. The number of carbonyl (C=O) groups excluding carboxylic acids is 1. The summed E-state index contributed by atoms with van der Waals surface area (Å²) in [5.41, 5.74) is -0.891. The van der Waals surface area contributed by atoms with Gasteiger partial charge in [0.05, 0.1) is 5.56 Å². The number of halogens is 3. The van der Waals surface area contributed by atoms with Gasteiger partial charge in [-0.05, 0) is 30.2 Å². The van der Waals surface area contributed by atoms with Crippen molar-refractivity contribution in [3.05, 3.63) is 35.4 Å². The summed E-state index contributed by atoms with van der Waals surface area (Å²) in [4.78, 5) is 22.7. The molecule has 1 amide bonds. The SMILES string of the molecule is CC(C)[C@H](NC(=O)c1ccc(C(F)(F)F)cc1)C(=O)O. The first-order chi connectivity index (χ1) is 9.12. The Balaban J connectivity index is 2.85. The number of carbonyl (C=O) groups is 2. The summed E-state index contributed by atoms with van der Waals surface area (Å²) < 4.78 is 37.1. The molecule has 0 aliphatic carbocycles. The van der Waals surface area contributed by atoms with E-state index in [4.69, 9.17) is 5.11 Å². The van der Waals surface area contributed by atoms with Crippen LogP contribution >= 0.6 is 0 Å². The van der Waals surface area contributed by atoms with E-state index in [-0.39, 0.29) is 11.5 Å². The quantitative estimate of drug-likeness (QED) is 0.895. The fourth-order valence-corrected chi connectivity index (χ4v) is 1.55. The van der Waals surface area contributed by atoms with Gasteiger partial charge >= 0.3 is 12.1 Å². The van der Waals surface area contributed by atoms with Gasteiger partial charge in [-0.2, -0.15) is 13.2 Å². The summed E-state index contributed by atoms with van der Waals surface area (Å²) in [6.07, 6.45) is -4.48. The molecule has 0 bridgehead atoms. The minimum Gasteiger partial charge on any atom is -0.480 e. The van der Waals surface area contributed by atoms with Gasteiger partial charge in [0.15, 0.2) is 0 Å². The van der Waals surface area contributed by atoms with Gasteiger partial charge in [0.2, 0.25) is 0 Å². The van der Waals surface area contributed by atoms with E-state index in [1.807, 2.05) is 0 Å². The second kappa shape index (κ2) is 5.94. The molecule has 0 radical (unpaired) electrons. The molecule has 0 spiro atoms. The number of hydrogen-bond donors (Lipinski definition) is 2. The molecule has 1 aromatic carbocycles. The molecule has 20 heavy (non-hydrogen) atoms. The third-order valence-corrected chi connectivity index (χ3v) is 2.69. The number of hydrogen-bond acceptors (Lipinski definition) is 2. The van der Waals surface area contributed by atoms with Gasteiger partial charge in [-0.1, -0.05) is 13.8 Å². The number of nitrogens with one attached hydrogen (secondary N) is 1. The zero-order valence-corrected chi connectivity index (χ0v) is 10.9. The molecule has 0 aliphatic rings. The molecule has 7 heteroatoms. The van der Waals surface area contributed by atoms with Crippen molar-refractivity contribution >= 4 is 11.9 Å². The summed E-state index contributed by atoms with van der Waals surface area (Å²) in [7, 11) is 0. The Kier molecular flexibility index (Phi) is 4.75. The number of carboxylic acids is 1. The minimum atomic E-state index is -4.48. The van der Waals surface area contributed by atoms with Crippen molar-refractivity contribution in [2.75, 3.05) is 0 Å². The fraction of sp³-hybridized carbons (Fsp3) is 0.385. The number of aliphatic carboxylic acids is 1. The van der Waals surface area contributed by atoms with Gasteiger partial charge in [0.1, 0.15) is 6.04 Å². The molecule has 110 valence electrons. The molecule has 1 aromatic rings. The number of amides is 1. The van der Waals surface area contributed by atoms with Crippen LogP contribution in [-0.2, 0) is 11.0 Å². The summed E-state index contributed by atoms with van der Waals surface area (Å²) in [5, 5.41) is 11.2. The highest BCUT2D eigenvalue weighted by Gasteiger charge is 2.30. The van der Waals surface area contributed by atoms with E-state index in [1.165, 1.54) is 0 Å². The number of benzene rings is 1. The zero-order valence-electron chi connectivity index (χ0n) is 10.9. The Morgan fingerprint density at radius 3 is 2.00 bits per heavy atom. The van der Waals surface area contributed by atoms with Crippen molar-refractivity contribution < 1.29 is 27.9 Å². The zero-order chi connectivity index (χ0) is 15.5. The summed E-state index contributed by atoms with van der Waals surface area (Å²) >= 11 is 0. The molecule has 0 saturated heterocycles. The van der Waals surface area contributed by atoms with Crippen molar-refractivity contribution in [1.29, 1.82) is 0 Å². The summed E-state index contributed by atoms with van der Waals surface area (Å²) in [6.45, 7) is 3.23. The van der Waals surface area contributed by atoms with E-state index in [9.17, 15) is 22.8 Å². The standard InChI is InChI=1S/C13H14F3NO3/c1-7(2)10(12(19)20)17-11(18)8-3-5-9(6-4-8)13(14,15)16/h3-7,10H,1-2H3,(H,17,18)(H,19,20)/t10-/m0/s1. The van der Waals surface area contributed by atoms with Crippen molar-refractivity contribution in [3.8, 4) is 0 Å². The molecule has 4 nitrogen and oxygen atoms in total. The molecule has 0 heterocycles. The van der Waals surface area contributed by atoms with Crippen molar-refractivity contribution in [2.24, 2.45) is 5.92 Å². The first kappa shape index (κ1) is 16.0. The predicted octanol–water partition coefficient (Wildman–Crippen LogP) is 2.54. The number of alkyl halides is 3. The average Bonchev–Trinajstić information content (AvgIpc) is 2.34. The van der Waals surface area contributed by atoms with Crippen LogP contribution in [0.4, 0.5) is 13.2 Å². The van der Waals surface area contributed by atoms with Crippen LogP contribution in [0.2, 0.25) is 0 Å². The normalized spacial score (nSPS) is 13.1. The van der Waals surface area contributed by atoms with E-state index < -0.39 is 29.7 Å². The van der Waals surface area contributed by atoms with E-state index >= 15 is 0 Å². The lowest BCUT2D eigenvalue weighted by Crippen LogP contribution is -2.44. The van der Waals surface area contributed by atoms with Gasteiger partial charge in [0.25, 0.3) is 5.91 Å². The first-order valence-electron chi connectivity index (χ1n) is 5.84. The minimum absolute atomic E-state index is 0.0232. The van der Waals surface area contributed by atoms with Gasteiger partial charge < -0.3 is 10.4 Å². The van der Waals surface area contributed by atoms with Gasteiger partial charge in [-0.25, -0.2) is 4.79 Å². The highest BCUT2D eigenvalue weighted by molar-refractivity contribution is 5.96.